The molecule has 20 heavy (non-hydrogen) atoms. The maximum Gasteiger partial charge on any atom is 0.241 e. The van der Waals surface area contributed by atoms with E-state index in [-0.39, 0.29) is 0 Å². The van der Waals surface area contributed by atoms with Gasteiger partial charge in [0.05, 0.1) is 11.2 Å². The summed E-state index contributed by atoms with van der Waals surface area (Å²) in [7, 11) is 1.82. The van der Waals surface area contributed by atoms with Gasteiger partial charge < -0.3 is 10.5 Å². The summed E-state index contributed by atoms with van der Waals surface area (Å²) < 4.78 is 7.53. The van der Waals surface area contributed by atoms with Crippen LogP contribution in [-0.4, -0.2) is 14.8 Å². The maximum absolute atomic E-state index is 6.05. The number of fused-ring (bicyclic) bond motifs is 1. The van der Waals surface area contributed by atoms with Crippen LogP contribution in [0.4, 0.5) is 5.69 Å². The van der Waals surface area contributed by atoms with E-state index in [2.05, 4.69) is 10.1 Å². The molecule has 0 saturated heterocycles. The van der Waals surface area contributed by atoms with Gasteiger partial charge in [0.25, 0.3) is 0 Å². The number of nitrogen functional groups attached to an aromatic ring is 1. The predicted molar refractivity (Wildman–Crippen MR) is 78.8 cm³/mol. The summed E-state index contributed by atoms with van der Waals surface area (Å²) in [4.78, 5) is 4.32. The summed E-state index contributed by atoms with van der Waals surface area (Å²) in [6, 6.07) is 9.70. The summed E-state index contributed by atoms with van der Waals surface area (Å²) in [5.41, 5.74) is 8.38. The second-order valence-corrected chi connectivity index (χ2v) is 4.60. The van der Waals surface area contributed by atoms with Crippen molar-refractivity contribution in [2.75, 3.05) is 5.73 Å². The molecule has 3 aromatic rings. The first kappa shape index (κ1) is 12.5. The largest absolute Gasteiger partial charge is 0.437 e. The standard InChI is InChI=1S/C15H16N4O/c1-3-12-14(16)15(19(2)18-12)20-11-7-6-10-5-4-8-17-13(10)9-11/h4-9H,3,16H2,1-2H3. The van der Waals surface area contributed by atoms with Crippen molar-refractivity contribution < 1.29 is 4.74 Å². The molecule has 0 radical (unpaired) electrons. The van der Waals surface area contributed by atoms with Gasteiger partial charge in [-0.15, -0.1) is 0 Å². The lowest BCUT2D eigenvalue weighted by Gasteiger charge is -2.07. The number of pyridine rings is 1. The molecule has 0 saturated carbocycles. The van der Waals surface area contributed by atoms with Crippen molar-refractivity contribution in [2.24, 2.45) is 7.05 Å². The molecular formula is C15H16N4O. The minimum absolute atomic E-state index is 0.567. The molecule has 2 aromatic heterocycles. The Morgan fingerprint density at radius 1 is 1.30 bits per heavy atom. The fraction of sp³-hybridized carbons (Fsp3) is 0.200. The minimum atomic E-state index is 0.567. The van der Waals surface area contributed by atoms with Crippen LogP contribution in [-0.2, 0) is 13.5 Å². The zero-order chi connectivity index (χ0) is 14.1. The fourth-order valence-electron chi connectivity index (χ4n) is 2.18. The monoisotopic (exact) mass is 268 g/mol. The van der Waals surface area contributed by atoms with Crippen LogP contribution in [0.2, 0.25) is 0 Å². The lowest BCUT2D eigenvalue weighted by molar-refractivity contribution is 0.433. The Hall–Kier alpha value is -2.56. The molecule has 102 valence electrons. The highest BCUT2D eigenvalue weighted by atomic mass is 16.5. The van der Waals surface area contributed by atoms with Gasteiger partial charge in [-0.1, -0.05) is 13.0 Å². The van der Waals surface area contributed by atoms with Crippen LogP contribution in [0, 0.1) is 0 Å². The summed E-state index contributed by atoms with van der Waals surface area (Å²) >= 11 is 0. The van der Waals surface area contributed by atoms with Crippen LogP contribution in [0.25, 0.3) is 10.9 Å². The summed E-state index contributed by atoms with van der Waals surface area (Å²) in [6.07, 6.45) is 2.54. The van der Waals surface area contributed by atoms with Crippen molar-refractivity contribution in [1.29, 1.82) is 0 Å². The van der Waals surface area contributed by atoms with E-state index in [9.17, 15) is 0 Å². The van der Waals surface area contributed by atoms with Crippen molar-refractivity contribution in [3.63, 3.8) is 0 Å². The predicted octanol–water partition coefficient (Wildman–Crippen LogP) is 2.91. The van der Waals surface area contributed by atoms with Crippen LogP contribution in [0.5, 0.6) is 11.6 Å². The van der Waals surface area contributed by atoms with Gasteiger partial charge in [0.2, 0.25) is 5.88 Å². The number of rotatable bonds is 3. The van der Waals surface area contributed by atoms with Crippen LogP contribution >= 0.6 is 0 Å². The number of anilines is 1. The molecule has 0 amide bonds. The van der Waals surface area contributed by atoms with E-state index in [4.69, 9.17) is 10.5 Å². The molecule has 0 spiro atoms. The molecule has 2 heterocycles. The lowest BCUT2D eigenvalue weighted by atomic mass is 10.2. The average molecular weight is 268 g/mol. The molecule has 2 N–H and O–H groups in total. The maximum atomic E-state index is 6.05. The highest BCUT2D eigenvalue weighted by molar-refractivity contribution is 5.79. The number of hydrogen-bond acceptors (Lipinski definition) is 4. The molecule has 0 aliphatic carbocycles. The molecule has 0 unspecified atom stereocenters. The first-order valence-electron chi connectivity index (χ1n) is 6.53. The molecule has 1 aromatic carbocycles. The van der Waals surface area contributed by atoms with Gasteiger partial charge in [0.15, 0.2) is 0 Å². The highest BCUT2D eigenvalue weighted by Crippen LogP contribution is 2.30. The van der Waals surface area contributed by atoms with Gasteiger partial charge in [0.1, 0.15) is 11.4 Å². The van der Waals surface area contributed by atoms with Crippen molar-refractivity contribution >= 4 is 16.6 Å². The Morgan fingerprint density at radius 2 is 2.15 bits per heavy atom. The number of nitrogens with zero attached hydrogens (tertiary/aromatic N) is 3. The number of aromatic nitrogens is 3. The summed E-state index contributed by atoms with van der Waals surface area (Å²) in [5, 5.41) is 5.41. The SMILES string of the molecule is CCc1nn(C)c(Oc2ccc3cccnc3c2)c1N. The smallest absolute Gasteiger partial charge is 0.241 e. The van der Waals surface area contributed by atoms with Gasteiger partial charge in [-0.3, -0.25) is 4.98 Å². The van der Waals surface area contributed by atoms with Crippen molar-refractivity contribution in [3.05, 3.63) is 42.2 Å². The van der Waals surface area contributed by atoms with Gasteiger partial charge in [-0.25, -0.2) is 4.68 Å². The van der Waals surface area contributed by atoms with Crippen molar-refractivity contribution in [1.82, 2.24) is 14.8 Å². The summed E-state index contributed by atoms with van der Waals surface area (Å²) in [6.45, 7) is 2.02. The second kappa shape index (κ2) is 4.85. The summed E-state index contributed by atoms with van der Waals surface area (Å²) in [5.74, 6) is 1.27. The first-order chi connectivity index (χ1) is 9.69. The van der Waals surface area contributed by atoms with Crippen LogP contribution in [0.3, 0.4) is 0 Å². The molecule has 5 heteroatoms. The number of benzene rings is 1. The van der Waals surface area contributed by atoms with E-state index in [0.717, 1.165) is 23.0 Å². The molecular weight excluding hydrogens is 252 g/mol. The average Bonchev–Trinajstić information content (AvgIpc) is 2.74. The van der Waals surface area contributed by atoms with Crippen LogP contribution in [0.1, 0.15) is 12.6 Å². The third-order valence-electron chi connectivity index (χ3n) is 3.23. The Morgan fingerprint density at radius 3 is 2.90 bits per heavy atom. The van der Waals surface area contributed by atoms with Gasteiger partial charge >= 0.3 is 0 Å². The second-order valence-electron chi connectivity index (χ2n) is 4.60. The van der Waals surface area contributed by atoms with Gasteiger partial charge in [0, 0.05) is 24.7 Å². The zero-order valence-corrected chi connectivity index (χ0v) is 11.5. The number of ether oxygens (including phenoxy) is 1. The van der Waals surface area contributed by atoms with Gasteiger partial charge in [-0.05, 0) is 24.6 Å². The molecule has 3 rings (SSSR count). The third kappa shape index (κ3) is 2.07. The van der Waals surface area contributed by atoms with Crippen molar-refractivity contribution in [2.45, 2.75) is 13.3 Å². The Labute approximate surface area is 117 Å². The number of nitrogens with two attached hydrogens (primary N) is 1. The molecule has 0 aliphatic rings. The van der Waals surface area contributed by atoms with E-state index in [0.29, 0.717) is 17.3 Å². The third-order valence-corrected chi connectivity index (χ3v) is 3.23. The van der Waals surface area contributed by atoms with E-state index in [1.54, 1.807) is 10.9 Å². The molecule has 0 fully saturated rings. The quantitative estimate of drug-likeness (QED) is 0.793. The highest BCUT2D eigenvalue weighted by Gasteiger charge is 2.14. The van der Waals surface area contributed by atoms with Crippen LogP contribution < -0.4 is 10.5 Å². The number of hydrogen-bond donors (Lipinski definition) is 1. The minimum Gasteiger partial charge on any atom is -0.437 e. The van der Waals surface area contributed by atoms with Gasteiger partial charge in [-0.2, -0.15) is 5.10 Å². The topological polar surface area (TPSA) is 66.0 Å². The Kier molecular flexibility index (Phi) is 3.02. The van der Waals surface area contributed by atoms with Crippen molar-refractivity contribution in [3.8, 4) is 11.6 Å². The van der Waals surface area contributed by atoms with E-state index in [1.807, 2.05) is 44.3 Å². The molecule has 0 atom stereocenters. The van der Waals surface area contributed by atoms with E-state index >= 15 is 0 Å². The lowest BCUT2D eigenvalue weighted by Crippen LogP contribution is -1.97. The van der Waals surface area contributed by atoms with E-state index < -0.39 is 0 Å². The fourth-order valence-corrected chi connectivity index (χ4v) is 2.18. The number of aryl methyl sites for hydroxylation is 2. The van der Waals surface area contributed by atoms with Crippen LogP contribution in [0.15, 0.2) is 36.5 Å². The Bertz CT molecular complexity index is 764. The van der Waals surface area contributed by atoms with E-state index in [1.165, 1.54) is 0 Å². The molecule has 5 nitrogen and oxygen atoms in total. The zero-order valence-electron chi connectivity index (χ0n) is 11.5. The first-order valence-corrected chi connectivity index (χ1v) is 6.53. The normalized spacial score (nSPS) is 10.9. The Balaban J connectivity index is 1.99. The molecule has 0 aliphatic heterocycles. The molecule has 0 bridgehead atoms.